The first-order valence-corrected chi connectivity index (χ1v) is 18.8. The molecule has 56 heavy (non-hydrogen) atoms. The highest BCUT2D eigenvalue weighted by molar-refractivity contribution is 6.15. The molecule has 0 saturated heterocycles. The number of benzene rings is 8. The first-order chi connectivity index (χ1) is 27.7. The smallest absolute Gasteiger partial charge is 0.164 e. The van der Waals surface area contributed by atoms with E-state index in [2.05, 4.69) is 138 Å². The monoisotopic (exact) mass is 716 g/mol. The van der Waals surface area contributed by atoms with Gasteiger partial charge in [0.15, 0.2) is 17.5 Å². The van der Waals surface area contributed by atoms with Crippen LogP contribution in [0.25, 0.3) is 106 Å². The minimum absolute atomic E-state index is 0.628. The highest BCUT2D eigenvalue weighted by Crippen LogP contribution is 2.41. The Morgan fingerprint density at radius 1 is 0.339 bits per heavy atom. The second-order valence-electron chi connectivity index (χ2n) is 14.0. The molecule has 0 saturated carbocycles. The fourth-order valence-electron chi connectivity index (χ4n) is 7.97. The fourth-order valence-corrected chi connectivity index (χ4v) is 7.97. The second-order valence-corrected chi connectivity index (χ2v) is 14.0. The van der Waals surface area contributed by atoms with Gasteiger partial charge in [-0.25, -0.2) is 15.0 Å². The largest absolute Gasteiger partial charge is 0.456 e. The summed E-state index contributed by atoms with van der Waals surface area (Å²) >= 11 is 0. The number of para-hydroxylation sites is 2. The summed E-state index contributed by atoms with van der Waals surface area (Å²) < 4.78 is 8.74. The molecule has 11 rings (SSSR count). The van der Waals surface area contributed by atoms with Gasteiger partial charge in [-0.1, -0.05) is 140 Å². The third-order valence-corrected chi connectivity index (χ3v) is 10.7. The van der Waals surface area contributed by atoms with Gasteiger partial charge in [-0.05, 0) is 71.3 Å². The summed E-state index contributed by atoms with van der Waals surface area (Å²) in [5.74, 6) is 1.91. The second kappa shape index (κ2) is 13.0. The van der Waals surface area contributed by atoms with E-state index in [0.29, 0.717) is 17.5 Å². The first kappa shape index (κ1) is 31.9. The average Bonchev–Trinajstić information content (AvgIpc) is 3.82. The molecule has 5 heteroatoms. The highest BCUT2D eigenvalue weighted by Gasteiger charge is 2.19. The molecule has 0 radical (unpaired) electrons. The van der Waals surface area contributed by atoms with Crippen LogP contribution in [0.15, 0.2) is 199 Å². The maximum Gasteiger partial charge on any atom is 0.164 e. The highest BCUT2D eigenvalue weighted by atomic mass is 16.3. The van der Waals surface area contributed by atoms with Crippen molar-refractivity contribution < 1.29 is 4.42 Å². The van der Waals surface area contributed by atoms with Gasteiger partial charge >= 0.3 is 0 Å². The zero-order valence-corrected chi connectivity index (χ0v) is 30.2. The molecule has 0 atom stereocenters. The molecule has 0 aliphatic heterocycles. The Hall–Kier alpha value is -7.63. The topological polar surface area (TPSA) is 56.7 Å². The van der Waals surface area contributed by atoms with Gasteiger partial charge in [0.05, 0.1) is 11.0 Å². The molecule has 8 aromatic carbocycles. The van der Waals surface area contributed by atoms with Crippen molar-refractivity contribution in [3.05, 3.63) is 194 Å². The van der Waals surface area contributed by atoms with Crippen LogP contribution in [0.4, 0.5) is 0 Å². The van der Waals surface area contributed by atoms with Crippen molar-refractivity contribution in [3.8, 4) is 62.1 Å². The molecule has 11 aromatic rings. The van der Waals surface area contributed by atoms with Crippen LogP contribution in [0.2, 0.25) is 0 Å². The third-order valence-electron chi connectivity index (χ3n) is 10.7. The Labute approximate surface area is 322 Å². The standard InChI is InChI=1S/C51H32N4O/c1-4-13-33(14-5-1)37-25-29-46-43(31-37)44-32-38(26-30-47(44)56-46)40-20-12-21-42-41-19-10-11-22-45(41)55(48(40)42)39-27-23-36(24-28-39)51-53-49(34-15-6-2-7-16-34)52-50(54-51)35-17-8-3-9-18-35/h1-32H. The normalized spacial score (nSPS) is 11.6. The van der Waals surface area contributed by atoms with Gasteiger partial charge in [0, 0.05) is 49.5 Å². The van der Waals surface area contributed by atoms with Crippen molar-refractivity contribution in [2.45, 2.75) is 0 Å². The van der Waals surface area contributed by atoms with Crippen molar-refractivity contribution in [2.24, 2.45) is 0 Å². The SMILES string of the molecule is c1ccc(-c2ccc3oc4ccc(-c5cccc6c7ccccc7n(-c7ccc(-c8nc(-c9ccccc9)nc(-c9ccccc9)n8)cc7)c56)cc4c3c2)cc1. The summed E-state index contributed by atoms with van der Waals surface area (Å²) in [6.07, 6.45) is 0. The third kappa shape index (κ3) is 5.37. The predicted molar refractivity (Wildman–Crippen MR) is 229 cm³/mol. The van der Waals surface area contributed by atoms with E-state index in [9.17, 15) is 0 Å². The van der Waals surface area contributed by atoms with Crippen molar-refractivity contribution in [1.82, 2.24) is 19.5 Å². The summed E-state index contributed by atoms with van der Waals surface area (Å²) in [4.78, 5) is 14.8. The lowest BCUT2D eigenvalue weighted by molar-refractivity contribution is 0.669. The maximum absolute atomic E-state index is 6.36. The zero-order valence-electron chi connectivity index (χ0n) is 30.2. The molecule has 0 amide bonds. The van der Waals surface area contributed by atoms with Crippen molar-refractivity contribution in [2.75, 3.05) is 0 Å². The first-order valence-electron chi connectivity index (χ1n) is 18.8. The number of furan rings is 1. The Morgan fingerprint density at radius 3 is 1.45 bits per heavy atom. The average molecular weight is 717 g/mol. The molecule has 262 valence electrons. The molecular formula is C51H32N4O. The molecular weight excluding hydrogens is 685 g/mol. The Bertz CT molecular complexity index is 3160. The van der Waals surface area contributed by atoms with Gasteiger partial charge in [-0.2, -0.15) is 0 Å². The van der Waals surface area contributed by atoms with E-state index >= 15 is 0 Å². The van der Waals surface area contributed by atoms with Gasteiger partial charge in [0.2, 0.25) is 0 Å². The van der Waals surface area contributed by atoms with Crippen LogP contribution < -0.4 is 0 Å². The van der Waals surface area contributed by atoms with Crippen LogP contribution in [-0.2, 0) is 0 Å². The van der Waals surface area contributed by atoms with Gasteiger partial charge in [-0.15, -0.1) is 0 Å². The van der Waals surface area contributed by atoms with Crippen LogP contribution in [0, 0.1) is 0 Å². The van der Waals surface area contributed by atoms with E-state index in [1.54, 1.807) is 0 Å². The minimum atomic E-state index is 0.628. The molecule has 0 bridgehead atoms. The molecule has 3 aromatic heterocycles. The zero-order chi connectivity index (χ0) is 37.0. The molecule has 3 heterocycles. The van der Waals surface area contributed by atoms with Crippen molar-refractivity contribution >= 4 is 43.7 Å². The summed E-state index contributed by atoms with van der Waals surface area (Å²) in [6.45, 7) is 0. The minimum Gasteiger partial charge on any atom is -0.456 e. The molecule has 5 nitrogen and oxygen atoms in total. The van der Waals surface area contributed by atoms with E-state index in [4.69, 9.17) is 19.4 Å². The number of hydrogen-bond acceptors (Lipinski definition) is 4. The van der Waals surface area contributed by atoms with Crippen LogP contribution >= 0.6 is 0 Å². The summed E-state index contributed by atoms with van der Waals surface area (Å²) in [7, 11) is 0. The molecule has 0 N–H and O–H groups in total. The Kier molecular flexibility index (Phi) is 7.42. The van der Waals surface area contributed by atoms with Gasteiger partial charge in [-0.3, -0.25) is 0 Å². The molecule has 0 spiro atoms. The van der Waals surface area contributed by atoms with Gasteiger partial charge < -0.3 is 8.98 Å². The fraction of sp³-hybridized carbons (Fsp3) is 0. The van der Waals surface area contributed by atoms with Crippen LogP contribution in [0.3, 0.4) is 0 Å². The van der Waals surface area contributed by atoms with Crippen molar-refractivity contribution in [3.63, 3.8) is 0 Å². The number of fused-ring (bicyclic) bond motifs is 6. The number of hydrogen-bond donors (Lipinski definition) is 0. The number of rotatable bonds is 6. The summed E-state index contributed by atoms with van der Waals surface area (Å²) in [6, 6.07) is 67.5. The molecule has 0 aliphatic carbocycles. The van der Waals surface area contributed by atoms with Gasteiger partial charge in [0.1, 0.15) is 11.2 Å². The van der Waals surface area contributed by atoms with Gasteiger partial charge in [0.25, 0.3) is 0 Å². The van der Waals surface area contributed by atoms with E-state index in [1.165, 1.54) is 21.9 Å². The van der Waals surface area contributed by atoms with Crippen LogP contribution in [0.1, 0.15) is 0 Å². The van der Waals surface area contributed by atoms with E-state index < -0.39 is 0 Å². The van der Waals surface area contributed by atoms with E-state index in [0.717, 1.165) is 66.5 Å². The van der Waals surface area contributed by atoms with Crippen LogP contribution in [-0.4, -0.2) is 19.5 Å². The molecule has 0 fully saturated rings. The lowest BCUT2D eigenvalue weighted by Crippen LogP contribution is -2.00. The number of nitrogens with zero attached hydrogens (tertiary/aromatic N) is 4. The van der Waals surface area contributed by atoms with E-state index in [1.807, 2.05) is 60.7 Å². The Balaban J connectivity index is 1.06. The predicted octanol–water partition coefficient (Wildman–Crippen LogP) is 13.2. The number of aromatic nitrogens is 4. The summed E-state index contributed by atoms with van der Waals surface area (Å²) in [5, 5.41) is 4.61. The molecule has 0 aliphatic rings. The maximum atomic E-state index is 6.36. The van der Waals surface area contributed by atoms with E-state index in [-0.39, 0.29) is 0 Å². The molecule has 0 unspecified atom stereocenters. The lowest BCUT2D eigenvalue weighted by atomic mass is 9.98. The quantitative estimate of drug-likeness (QED) is 0.172. The van der Waals surface area contributed by atoms with Crippen molar-refractivity contribution in [1.29, 1.82) is 0 Å². The Morgan fingerprint density at radius 2 is 0.821 bits per heavy atom. The van der Waals surface area contributed by atoms with Crippen LogP contribution in [0.5, 0.6) is 0 Å². The summed E-state index contributed by atoms with van der Waals surface area (Å²) in [5.41, 5.74) is 12.5. The lowest BCUT2D eigenvalue weighted by Gasteiger charge is -2.13.